The van der Waals surface area contributed by atoms with Crippen LogP contribution in [0.2, 0.25) is 0 Å². The van der Waals surface area contributed by atoms with Crippen LogP contribution in [0.5, 0.6) is 0 Å². The number of hydrogen-bond acceptors (Lipinski definition) is 6. The van der Waals surface area contributed by atoms with Crippen molar-refractivity contribution in [2.45, 2.75) is 33.6 Å². The number of nitro groups is 1. The second-order valence-corrected chi connectivity index (χ2v) is 7.07. The highest BCUT2D eigenvalue weighted by molar-refractivity contribution is 5.99. The number of esters is 1. The molecule has 0 aliphatic heterocycles. The van der Waals surface area contributed by atoms with Crippen molar-refractivity contribution in [3.8, 4) is 0 Å². The van der Waals surface area contributed by atoms with Crippen molar-refractivity contribution in [2.75, 3.05) is 13.2 Å². The number of ketones is 2. The third-order valence-corrected chi connectivity index (χ3v) is 5.37. The number of carbonyl (C=O) groups excluding carboxylic acids is 3. The maximum Gasteiger partial charge on any atom is 0.306 e. The van der Waals surface area contributed by atoms with Gasteiger partial charge in [-0.2, -0.15) is 0 Å². The molecule has 8 nitrogen and oxygen atoms in total. The second-order valence-electron chi connectivity index (χ2n) is 7.07. The molecule has 0 aromatic carbocycles. The van der Waals surface area contributed by atoms with Crippen LogP contribution in [0, 0.1) is 41.7 Å². The van der Waals surface area contributed by atoms with E-state index in [1.807, 2.05) is 25.5 Å². The molecule has 2 rings (SSSR count). The first-order chi connectivity index (χ1) is 12.1. The van der Waals surface area contributed by atoms with E-state index in [2.05, 4.69) is 0 Å². The minimum Gasteiger partial charge on any atom is -0.457 e. The minimum absolute atomic E-state index is 0.137. The lowest BCUT2D eigenvalue weighted by atomic mass is 9.88. The Hall–Kier alpha value is -2.51. The van der Waals surface area contributed by atoms with Gasteiger partial charge in [0.1, 0.15) is 5.78 Å². The Kier molecular flexibility index (Phi) is 5.94. The lowest BCUT2D eigenvalue weighted by Gasteiger charge is -2.16. The van der Waals surface area contributed by atoms with Gasteiger partial charge in [-0.1, -0.05) is 6.92 Å². The second kappa shape index (κ2) is 7.80. The molecule has 0 saturated heterocycles. The van der Waals surface area contributed by atoms with Gasteiger partial charge in [0.25, 0.3) is 0 Å². The van der Waals surface area contributed by atoms with Crippen molar-refractivity contribution in [3.05, 3.63) is 33.1 Å². The van der Waals surface area contributed by atoms with Crippen LogP contribution in [0.25, 0.3) is 0 Å². The standard InChI is InChI=1S/C18H24N2O6/c1-10-5-16(21)14(15(10)8-20(24)25)7-18(23)26-9-17(22)13-6-11(2)19(4)12(13)3/h6,10,14-15H,5,7-9H2,1-4H3/t10-,14+,15+/m1/s1. The molecule has 8 heteroatoms. The SMILES string of the molecule is Cc1cc(C(=O)COC(=O)C[C@@H]2C(=O)C[C@@H](C)[C@@H]2C[N+](=O)[O-])c(C)n1C. The average molecular weight is 364 g/mol. The van der Waals surface area contributed by atoms with Crippen molar-refractivity contribution < 1.29 is 24.0 Å². The van der Waals surface area contributed by atoms with Crippen LogP contribution in [0.15, 0.2) is 6.07 Å². The molecular formula is C18H24N2O6. The Labute approximate surface area is 151 Å². The van der Waals surface area contributed by atoms with E-state index in [4.69, 9.17) is 4.74 Å². The Balaban J connectivity index is 1.95. The van der Waals surface area contributed by atoms with Crippen LogP contribution in [-0.4, -0.2) is 40.2 Å². The van der Waals surface area contributed by atoms with Crippen LogP contribution in [0.3, 0.4) is 0 Å². The molecule has 0 amide bonds. The van der Waals surface area contributed by atoms with Gasteiger partial charge in [-0.3, -0.25) is 24.5 Å². The molecule has 1 aromatic rings. The summed E-state index contributed by atoms with van der Waals surface area (Å²) in [6.07, 6.45) is 0.0135. The lowest BCUT2D eigenvalue weighted by Crippen LogP contribution is -2.28. The molecule has 142 valence electrons. The lowest BCUT2D eigenvalue weighted by molar-refractivity contribution is -0.490. The highest BCUT2D eigenvalue weighted by Crippen LogP contribution is 2.36. The Bertz CT molecular complexity index is 751. The van der Waals surface area contributed by atoms with Gasteiger partial charge in [0.05, 0.1) is 6.42 Å². The van der Waals surface area contributed by atoms with E-state index >= 15 is 0 Å². The maximum atomic E-state index is 12.3. The summed E-state index contributed by atoms with van der Waals surface area (Å²) in [4.78, 5) is 46.7. The fourth-order valence-electron chi connectivity index (χ4n) is 3.60. The maximum absolute atomic E-state index is 12.3. The molecule has 0 unspecified atom stereocenters. The van der Waals surface area contributed by atoms with Crippen LogP contribution in [0.4, 0.5) is 0 Å². The molecule has 1 aromatic heterocycles. The summed E-state index contributed by atoms with van der Waals surface area (Å²) in [7, 11) is 1.84. The van der Waals surface area contributed by atoms with Crippen molar-refractivity contribution in [1.29, 1.82) is 0 Å². The van der Waals surface area contributed by atoms with Gasteiger partial charge in [0.2, 0.25) is 12.3 Å². The summed E-state index contributed by atoms with van der Waals surface area (Å²) in [6, 6.07) is 1.74. The smallest absolute Gasteiger partial charge is 0.306 e. The predicted molar refractivity (Wildman–Crippen MR) is 92.4 cm³/mol. The van der Waals surface area contributed by atoms with E-state index in [1.54, 1.807) is 13.0 Å². The zero-order valence-corrected chi connectivity index (χ0v) is 15.5. The molecule has 1 fully saturated rings. The third-order valence-electron chi connectivity index (χ3n) is 5.37. The zero-order chi connectivity index (χ0) is 19.6. The fraction of sp³-hybridized carbons (Fsp3) is 0.611. The van der Waals surface area contributed by atoms with Gasteiger partial charge < -0.3 is 9.30 Å². The number of rotatable bonds is 7. The van der Waals surface area contributed by atoms with E-state index in [0.29, 0.717) is 5.56 Å². The molecule has 26 heavy (non-hydrogen) atoms. The molecule has 0 spiro atoms. The molecule has 1 heterocycles. The van der Waals surface area contributed by atoms with Crippen molar-refractivity contribution in [2.24, 2.45) is 24.8 Å². The van der Waals surface area contributed by atoms with E-state index < -0.39 is 29.3 Å². The highest BCUT2D eigenvalue weighted by Gasteiger charge is 2.44. The monoisotopic (exact) mass is 364 g/mol. The number of hydrogen-bond donors (Lipinski definition) is 0. The summed E-state index contributed by atoms with van der Waals surface area (Å²) >= 11 is 0. The predicted octanol–water partition coefficient (Wildman–Crippen LogP) is 1.88. The van der Waals surface area contributed by atoms with Gasteiger partial charge in [0.15, 0.2) is 6.61 Å². The summed E-state index contributed by atoms with van der Waals surface area (Å²) in [5.41, 5.74) is 2.20. The fourth-order valence-corrected chi connectivity index (χ4v) is 3.60. The number of nitrogens with zero attached hydrogens (tertiary/aromatic N) is 2. The van der Waals surface area contributed by atoms with Crippen LogP contribution >= 0.6 is 0 Å². The van der Waals surface area contributed by atoms with Gasteiger partial charge in [-0.05, 0) is 25.8 Å². The summed E-state index contributed by atoms with van der Waals surface area (Å²) < 4.78 is 6.91. The molecule has 1 aliphatic rings. The van der Waals surface area contributed by atoms with Gasteiger partial charge >= 0.3 is 5.97 Å². The highest BCUT2D eigenvalue weighted by atomic mass is 16.6. The molecule has 0 bridgehead atoms. The van der Waals surface area contributed by atoms with E-state index in [-0.39, 0.29) is 36.9 Å². The van der Waals surface area contributed by atoms with E-state index in [9.17, 15) is 24.5 Å². The Morgan fingerprint density at radius 3 is 2.58 bits per heavy atom. The average Bonchev–Trinajstić information content (AvgIpc) is 2.96. The summed E-state index contributed by atoms with van der Waals surface area (Å²) in [6.45, 7) is 4.72. The van der Waals surface area contributed by atoms with Crippen molar-refractivity contribution in [3.63, 3.8) is 0 Å². The van der Waals surface area contributed by atoms with E-state index in [1.165, 1.54) is 0 Å². The molecular weight excluding hydrogens is 340 g/mol. The summed E-state index contributed by atoms with van der Waals surface area (Å²) in [5, 5.41) is 10.8. The largest absolute Gasteiger partial charge is 0.457 e. The van der Waals surface area contributed by atoms with Gasteiger partial charge in [0, 0.05) is 47.2 Å². The molecule has 3 atom stereocenters. The zero-order valence-electron chi connectivity index (χ0n) is 15.5. The number of aryl methyl sites for hydroxylation is 1. The van der Waals surface area contributed by atoms with Crippen LogP contribution < -0.4 is 0 Å². The van der Waals surface area contributed by atoms with Crippen LogP contribution in [0.1, 0.15) is 41.5 Å². The number of Topliss-reactive ketones (excluding diaryl/α,β-unsaturated/α-hetero) is 2. The van der Waals surface area contributed by atoms with E-state index in [0.717, 1.165) is 11.4 Å². The molecule has 0 radical (unpaired) electrons. The molecule has 1 saturated carbocycles. The third kappa shape index (κ3) is 4.17. The number of carbonyl (C=O) groups is 3. The first kappa shape index (κ1) is 19.8. The normalized spacial score (nSPS) is 22.5. The summed E-state index contributed by atoms with van der Waals surface area (Å²) in [5.74, 6) is -2.46. The number of ether oxygens (including phenoxy) is 1. The van der Waals surface area contributed by atoms with Gasteiger partial charge in [-0.15, -0.1) is 0 Å². The van der Waals surface area contributed by atoms with Gasteiger partial charge in [-0.25, -0.2) is 0 Å². The van der Waals surface area contributed by atoms with Crippen LogP contribution in [-0.2, 0) is 21.4 Å². The first-order valence-corrected chi connectivity index (χ1v) is 8.58. The quantitative estimate of drug-likeness (QED) is 0.316. The topological polar surface area (TPSA) is 109 Å². The molecule has 1 aliphatic carbocycles. The number of aromatic nitrogens is 1. The Morgan fingerprint density at radius 1 is 1.38 bits per heavy atom. The van der Waals surface area contributed by atoms with Crippen molar-refractivity contribution >= 4 is 17.5 Å². The molecule has 0 N–H and O–H groups in total. The Morgan fingerprint density at radius 2 is 2.04 bits per heavy atom. The minimum atomic E-state index is -0.710. The first-order valence-electron chi connectivity index (χ1n) is 8.58. The van der Waals surface area contributed by atoms with Crippen molar-refractivity contribution in [1.82, 2.24) is 4.57 Å².